The zero-order valence-corrected chi connectivity index (χ0v) is 10.6. The molecule has 5 nitrogen and oxygen atoms in total. The summed E-state index contributed by atoms with van der Waals surface area (Å²) in [5.74, 6) is 1.77. The molecule has 0 amide bonds. The van der Waals surface area contributed by atoms with Crippen LogP contribution in [0.4, 0.5) is 5.95 Å². The summed E-state index contributed by atoms with van der Waals surface area (Å²) < 4.78 is 5.05. The molecule has 0 radical (unpaired) electrons. The van der Waals surface area contributed by atoms with Crippen LogP contribution in [0, 0.1) is 5.92 Å². The van der Waals surface area contributed by atoms with E-state index in [4.69, 9.17) is 10.5 Å². The second-order valence-corrected chi connectivity index (χ2v) is 4.04. The zero-order chi connectivity index (χ0) is 12.5. The second-order valence-electron chi connectivity index (χ2n) is 4.04. The summed E-state index contributed by atoms with van der Waals surface area (Å²) in [7, 11) is 1.60. The highest BCUT2D eigenvalue weighted by molar-refractivity contribution is 5.27. The van der Waals surface area contributed by atoms with E-state index in [0.717, 1.165) is 19.5 Å². The SMILES string of the molecule is CCCC(CCN)CNc1nccc(OC)n1. The van der Waals surface area contributed by atoms with E-state index in [1.165, 1.54) is 12.8 Å². The van der Waals surface area contributed by atoms with Gasteiger partial charge >= 0.3 is 0 Å². The van der Waals surface area contributed by atoms with Crippen molar-refractivity contribution in [3.05, 3.63) is 12.3 Å². The van der Waals surface area contributed by atoms with E-state index in [-0.39, 0.29) is 0 Å². The molecule has 3 N–H and O–H groups in total. The van der Waals surface area contributed by atoms with Gasteiger partial charge in [0.15, 0.2) is 0 Å². The lowest BCUT2D eigenvalue weighted by molar-refractivity contribution is 0.397. The molecule has 0 aliphatic carbocycles. The normalized spacial score (nSPS) is 12.2. The molecule has 0 bridgehead atoms. The van der Waals surface area contributed by atoms with Crippen LogP contribution in [0.2, 0.25) is 0 Å². The smallest absolute Gasteiger partial charge is 0.225 e. The summed E-state index contributed by atoms with van der Waals surface area (Å²) in [5, 5.41) is 3.23. The minimum atomic E-state index is 0.577. The van der Waals surface area contributed by atoms with Crippen LogP contribution in [0.1, 0.15) is 26.2 Å². The fraction of sp³-hybridized carbons (Fsp3) is 0.667. The first-order chi connectivity index (χ1) is 8.30. The highest BCUT2D eigenvalue weighted by Crippen LogP contribution is 2.12. The quantitative estimate of drug-likeness (QED) is 0.720. The molecule has 1 atom stereocenters. The fourth-order valence-electron chi connectivity index (χ4n) is 1.77. The van der Waals surface area contributed by atoms with Crippen molar-refractivity contribution in [1.82, 2.24) is 9.97 Å². The van der Waals surface area contributed by atoms with Gasteiger partial charge in [-0.1, -0.05) is 13.3 Å². The second kappa shape index (κ2) is 7.84. The van der Waals surface area contributed by atoms with Gasteiger partial charge in [0.2, 0.25) is 11.8 Å². The van der Waals surface area contributed by atoms with Crippen molar-refractivity contribution < 1.29 is 4.74 Å². The molecule has 1 unspecified atom stereocenters. The van der Waals surface area contributed by atoms with Gasteiger partial charge in [-0.25, -0.2) is 4.98 Å². The maximum atomic E-state index is 5.60. The first-order valence-electron chi connectivity index (χ1n) is 6.11. The number of rotatable bonds is 8. The van der Waals surface area contributed by atoms with E-state index in [9.17, 15) is 0 Å². The maximum Gasteiger partial charge on any atom is 0.225 e. The first-order valence-corrected chi connectivity index (χ1v) is 6.11. The molecule has 17 heavy (non-hydrogen) atoms. The Kier molecular flexibility index (Phi) is 6.32. The van der Waals surface area contributed by atoms with Crippen LogP contribution in [0.5, 0.6) is 5.88 Å². The third kappa shape index (κ3) is 4.99. The van der Waals surface area contributed by atoms with Crippen molar-refractivity contribution in [3.8, 4) is 5.88 Å². The van der Waals surface area contributed by atoms with E-state index < -0.39 is 0 Å². The standard InChI is InChI=1S/C12H22N4O/c1-3-4-10(5-7-13)9-15-12-14-8-6-11(16-12)17-2/h6,8,10H,3-5,7,9,13H2,1-2H3,(H,14,15,16). The molecule has 0 fully saturated rings. The highest BCUT2D eigenvalue weighted by Gasteiger charge is 2.07. The van der Waals surface area contributed by atoms with Crippen LogP contribution in [-0.2, 0) is 0 Å². The van der Waals surface area contributed by atoms with Gasteiger partial charge in [0, 0.05) is 18.8 Å². The predicted molar refractivity (Wildman–Crippen MR) is 69.1 cm³/mol. The summed E-state index contributed by atoms with van der Waals surface area (Å²) in [6.07, 6.45) is 5.07. The molecule has 5 heteroatoms. The molecule has 1 heterocycles. The molecule has 0 aromatic carbocycles. The Bertz CT molecular complexity index is 313. The summed E-state index contributed by atoms with van der Waals surface area (Å²) in [4.78, 5) is 8.35. The number of hydrogen-bond donors (Lipinski definition) is 2. The number of hydrogen-bond acceptors (Lipinski definition) is 5. The molecule has 1 aromatic heterocycles. The molecule has 0 spiro atoms. The van der Waals surface area contributed by atoms with Gasteiger partial charge in [-0.15, -0.1) is 0 Å². The van der Waals surface area contributed by atoms with Crippen LogP contribution in [0.25, 0.3) is 0 Å². The molecule has 0 saturated heterocycles. The van der Waals surface area contributed by atoms with E-state index >= 15 is 0 Å². The zero-order valence-electron chi connectivity index (χ0n) is 10.6. The molecule has 0 aliphatic heterocycles. The van der Waals surface area contributed by atoms with Crippen molar-refractivity contribution in [1.29, 1.82) is 0 Å². The minimum Gasteiger partial charge on any atom is -0.481 e. The van der Waals surface area contributed by atoms with Crippen LogP contribution < -0.4 is 15.8 Å². The molecule has 0 saturated carbocycles. The van der Waals surface area contributed by atoms with E-state index in [0.29, 0.717) is 17.7 Å². The molecule has 1 rings (SSSR count). The largest absolute Gasteiger partial charge is 0.481 e. The van der Waals surface area contributed by atoms with Gasteiger partial charge in [-0.3, -0.25) is 0 Å². The van der Waals surface area contributed by atoms with E-state index in [2.05, 4.69) is 22.2 Å². The van der Waals surface area contributed by atoms with E-state index in [1.807, 2.05) is 0 Å². The topological polar surface area (TPSA) is 73.1 Å². The third-order valence-corrected chi connectivity index (χ3v) is 2.66. The Morgan fingerprint density at radius 2 is 2.29 bits per heavy atom. The number of ether oxygens (including phenoxy) is 1. The Morgan fingerprint density at radius 1 is 1.47 bits per heavy atom. The molecule has 1 aromatic rings. The lowest BCUT2D eigenvalue weighted by Crippen LogP contribution is -2.19. The lowest BCUT2D eigenvalue weighted by atomic mass is 10.00. The third-order valence-electron chi connectivity index (χ3n) is 2.66. The monoisotopic (exact) mass is 238 g/mol. The molecular weight excluding hydrogens is 216 g/mol. The van der Waals surface area contributed by atoms with Crippen LogP contribution in [0.3, 0.4) is 0 Å². The summed E-state index contributed by atoms with van der Waals surface area (Å²) >= 11 is 0. The van der Waals surface area contributed by atoms with Crippen molar-refractivity contribution >= 4 is 5.95 Å². The number of aromatic nitrogens is 2. The average molecular weight is 238 g/mol. The highest BCUT2D eigenvalue weighted by atomic mass is 16.5. The Balaban J connectivity index is 2.46. The molecular formula is C12H22N4O. The Hall–Kier alpha value is -1.36. The van der Waals surface area contributed by atoms with Gasteiger partial charge in [0.1, 0.15) is 0 Å². The minimum absolute atomic E-state index is 0.577. The number of nitrogens with zero attached hydrogens (tertiary/aromatic N) is 2. The number of methoxy groups -OCH3 is 1. The number of anilines is 1. The Labute approximate surface area is 103 Å². The van der Waals surface area contributed by atoms with Gasteiger partial charge in [0.05, 0.1) is 7.11 Å². The van der Waals surface area contributed by atoms with E-state index in [1.54, 1.807) is 19.4 Å². The van der Waals surface area contributed by atoms with Gasteiger partial charge in [-0.05, 0) is 25.3 Å². The number of nitrogens with two attached hydrogens (primary N) is 1. The van der Waals surface area contributed by atoms with Gasteiger partial charge in [-0.2, -0.15) is 4.98 Å². The van der Waals surface area contributed by atoms with Gasteiger partial charge < -0.3 is 15.8 Å². The van der Waals surface area contributed by atoms with Crippen molar-refractivity contribution in [2.75, 3.05) is 25.5 Å². The van der Waals surface area contributed by atoms with Crippen molar-refractivity contribution in [3.63, 3.8) is 0 Å². The average Bonchev–Trinajstić information content (AvgIpc) is 2.37. The number of nitrogens with one attached hydrogen (secondary N) is 1. The first kappa shape index (κ1) is 13.7. The van der Waals surface area contributed by atoms with Crippen LogP contribution >= 0.6 is 0 Å². The lowest BCUT2D eigenvalue weighted by Gasteiger charge is -2.15. The van der Waals surface area contributed by atoms with Crippen LogP contribution in [-0.4, -0.2) is 30.2 Å². The maximum absolute atomic E-state index is 5.60. The summed E-state index contributed by atoms with van der Waals surface area (Å²) in [5.41, 5.74) is 5.60. The Morgan fingerprint density at radius 3 is 2.94 bits per heavy atom. The van der Waals surface area contributed by atoms with Crippen molar-refractivity contribution in [2.45, 2.75) is 26.2 Å². The van der Waals surface area contributed by atoms with Crippen LogP contribution in [0.15, 0.2) is 12.3 Å². The predicted octanol–water partition coefficient (Wildman–Crippen LogP) is 1.66. The summed E-state index contributed by atoms with van der Waals surface area (Å²) in [6, 6.07) is 1.73. The summed E-state index contributed by atoms with van der Waals surface area (Å²) in [6.45, 7) is 3.77. The fourth-order valence-corrected chi connectivity index (χ4v) is 1.77. The molecule has 0 aliphatic rings. The van der Waals surface area contributed by atoms with Gasteiger partial charge in [0.25, 0.3) is 0 Å². The molecule has 96 valence electrons. The van der Waals surface area contributed by atoms with Crippen molar-refractivity contribution in [2.24, 2.45) is 11.7 Å².